The summed E-state index contributed by atoms with van der Waals surface area (Å²) in [5.74, 6) is -0.232. The van der Waals surface area contributed by atoms with Gasteiger partial charge in [0.25, 0.3) is 0 Å². The van der Waals surface area contributed by atoms with E-state index in [9.17, 15) is 4.39 Å². The van der Waals surface area contributed by atoms with Gasteiger partial charge in [0, 0.05) is 23.9 Å². The summed E-state index contributed by atoms with van der Waals surface area (Å²) in [6, 6.07) is 4.68. The van der Waals surface area contributed by atoms with E-state index in [0.29, 0.717) is 5.69 Å². The lowest BCUT2D eigenvalue weighted by molar-refractivity contribution is 0.00578. The Morgan fingerprint density at radius 1 is 1.17 bits per heavy atom. The predicted molar refractivity (Wildman–Crippen MR) is 85.8 cm³/mol. The highest BCUT2D eigenvalue weighted by atomic mass is 19.1. The third-order valence-corrected chi connectivity index (χ3v) is 4.53. The van der Waals surface area contributed by atoms with Gasteiger partial charge in [0.15, 0.2) is 11.6 Å². The van der Waals surface area contributed by atoms with Crippen LogP contribution in [0.5, 0.6) is 5.75 Å². The summed E-state index contributed by atoms with van der Waals surface area (Å²) in [4.78, 5) is 0. The zero-order chi connectivity index (χ0) is 16.8. The maximum absolute atomic E-state index is 13.8. The molecule has 1 saturated heterocycles. The van der Waals surface area contributed by atoms with Gasteiger partial charge in [0.2, 0.25) is 0 Å². The van der Waals surface area contributed by atoms with E-state index in [2.05, 4.69) is 5.10 Å². The van der Waals surface area contributed by atoms with Gasteiger partial charge in [-0.2, -0.15) is 5.10 Å². The molecule has 1 aromatic carbocycles. The van der Waals surface area contributed by atoms with Crippen molar-refractivity contribution in [2.24, 2.45) is 0 Å². The highest BCUT2D eigenvalue weighted by molar-refractivity contribution is 6.62. The minimum atomic E-state index is -0.489. The van der Waals surface area contributed by atoms with Crippen molar-refractivity contribution >= 4 is 12.6 Å². The fourth-order valence-corrected chi connectivity index (χ4v) is 2.38. The molecule has 23 heavy (non-hydrogen) atoms. The number of benzene rings is 1. The van der Waals surface area contributed by atoms with Gasteiger partial charge >= 0.3 is 7.12 Å². The molecule has 0 amide bonds. The monoisotopic (exact) mass is 318 g/mol. The van der Waals surface area contributed by atoms with Crippen molar-refractivity contribution in [2.75, 3.05) is 7.11 Å². The van der Waals surface area contributed by atoms with Crippen LogP contribution in [0.4, 0.5) is 4.39 Å². The van der Waals surface area contributed by atoms with Gasteiger partial charge in [0.1, 0.15) is 0 Å². The fourth-order valence-electron chi connectivity index (χ4n) is 2.38. The quantitative estimate of drug-likeness (QED) is 0.815. The normalized spacial score (nSPS) is 19.1. The Morgan fingerprint density at radius 3 is 2.39 bits per heavy atom. The fraction of sp³-hybridized carbons (Fsp3) is 0.438. The van der Waals surface area contributed by atoms with E-state index in [1.807, 2.05) is 27.7 Å². The van der Waals surface area contributed by atoms with Crippen LogP contribution in [0.2, 0.25) is 0 Å². The average molecular weight is 318 g/mol. The molecule has 0 aliphatic carbocycles. The minimum Gasteiger partial charge on any atom is -0.494 e. The maximum Gasteiger partial charge on any atom is 0.498 e. The summed E-state index contributed by atoms with van der Waals surface area (Å²) in [5, 5.41) is 4.27. The molecule has 0 radical (unpaired) electrons. The molecule has 2 heterocycles. The van der Waals surface area contributed by atoms with E-state index in [1.165, 1.54) is 13.2 Å². The van der Waals surface area contributed by atoms with Crippen LogP contribution in [0.25, 0.3) is 5.69 Å². The highest BCUT2D eigenvalue weighted by Crippen LogP contribution is 2.36. The van der Waals surface area contributed by atoms with Crippen LogP contribution in [0.3, 0.4) is 0 Å². The Bertz CT molecular complexity index is 714. The van der Waals surface area contributed by atoms with E-state index in [0.717, 1.165) is 5.46 Å². The topological polar surface area (TPSA) is 45.5 Å². The second-order valence-electron chi connectivity index (χ2n) is 6.63. The first-order valence-electron chi connectivity index (χ1n) is 7.48. The van der Waals surface area contributed by atoms with Crippen molar-refractivity contribution in [2.45, 2.75) is 38.9 Å². The SMILES string of the molecule is COc1ccc(-n2cc(B3OC(C)(C)C(C)(C)O3)cn2)cc1F. The van der Waals surface area contributed by atoms with Crippen LogP contribution in [-0.4, -0.2) is 35.2 Å². The van der Waals surface area contributed by atoms with E-state index in [-0.39, 0.29) is 5.75 Å². The largest absolute Gasteiger partial charge is 0.498 e. The second kappa shape index (κ2) is 5.35. The number of methoxy groups -OCH3 is 1. The molecule has 1 aliphatic heterocycles. The standard InChI is InChI=1S/C16H20BFN2O3/c1-15(2)16(3,4)23-17(22-15)11-9-19-20(10-11)12-6-7-14(21-5)13(18)8-12/h6-10H,1-5H3. The Hall–Kier alpha value is -1.86. The van der Waals surface area contributed by atoms with E-state index < -0.39 is 24.1 Å². The Kier molecular flexibility index (Phi) is 3.73. The van der Waals surface area contributed by atoms with Crippen LogP contribution < -0.4 is 10.2 Å². The number of ether oxygens (including phenoxy) is 1. The lowest BCUT2D eigenvalue weighted by Crippen LogP contribution is -2.41. The Balaban J connectivity index is 1.86. The molecule has 0 atom stereocenters. The first-order chi connectivity index (χ1) is 10.7. The molecule has 0 spiro atoms. The average Bonchev–Trinajstić information content (AvgIpc) is 3.02. The summed E-state index contributed by atoms with van der Waals surface area (Å²) in [6.45, 7) is 7.99. The third-order valence-electron chi connectivity index (χ3n) is 4.53. The van der Waals surface area contributed by atoms with Gasteiger partial charge in [-0.1, -0.05) is 0 Å². The van der Waals surface area contributed by atoms with Crippen LogP contribution in [0, 0.1) is 5.82 Å². The van der Waals surface area contributed by atoms with Crippen LogP contribution in [0.1, 0.15) is 27.7 Å². The lowest BCUT2D eigenvalue weighted by Gasteiger charge is -2.32. The van der Waals surface area contributed by atoms with Crippen molar-refractivity contribution in [3.05, 3.63) is 36.4 Å². The van der Waals surface area contributed by atoms with E-state index in [4.69, 9.17) is 14.0 Å². The molecule has 0 bridgehead atoms. The van der Waals surface area contributed by atoms with E-state index >= 15 is 0 Å². The molecule has 0 N–H and O–H groups in total. The molecular weight excluding hydrogens is 298 g/mol. The first kappa shape index (κ1) is 16.0. The van der Waals surface area contributed by atoms with Gasteiger partial charge in [-0.3, -0.25) is 0 Å². The zero-order valence-electron chi connectivity index (χ0n) is 14.0. The highest BCUT2D eigenvalue weighted by Gasteiger charge is 2.52. The number of nitrogens with zero attached hydrogens (tertiary/aromatic N) is 2. The molecule has 0 unspecified atom stereocenters. The van der Waals surface area contributed by atoms with Gasteiger partial charge < -0.3 is 14.0 Å². The summed E-state index contributed by atoms with van der Waals surface area (Å²) < 4.78 is 32.3. The summed E-state index contributed by atoms with van der Waals surface area (Å²) in [7, 11) is 0.944. The van der Waals surface area contributed by atoms with Crippen molar-refractivity contribution in [1.82, 2.24) is 9.78 Å². The van der Waals surface area contributed by atoms with Crippen LogP contribution in [-0.2, 0) is 9.31 Å². The molecule has 3 rings (SSSR count). The van der Waals surface area contributed by atoms with E-state index in [1.54, 1.807) is 29.2 Å². The third kappa shape index (κ3) is 2.75. The van der Waals surface area contributed by atoms with Gasteiger partial charge in [-0.25, -0.2) is 9.07 Å². The molecule has 122 valence electrons. The number of aromatic nitrogens is 2. The molecule has 0 saturated carbocycles. The Labute approximate surface area is 135 Å². The summed E-state index contributed by atoms with van der Waals surface area (Å²) in [6.07, 6.45) is 3.45. The number of halogens is 1. The van der Waals surface area contributed by atoms with Crippen LogP contribution in [0.15, 0.2) is 30.6 Å². The number of hydrogen-bond donors (Lipinski definition) is 0. The Morgan fingerprint density at radius 2 is 1.83 bits per heavy atom. The van der Waals surface area contributed by atoms with Gasteiger partial charge in [-0.15, -0.1) is 0 Å². The van der Waals surface area contributed by atoms with Gasteiger partial charge in [-0.05, 0) is 39.8 Å². The van der Waals surface area contributed by atoms with Crippen molar-refractivity contribution in [3.63, 3.8) is 0 Å². The molecule has 7 heteroatoms. The molecular formula is C16H20BFN2O3. The minimum absolute atomic E-state index is 0.201. The molecule has 5 nitrogen and oxygen atoms in total. The molecule has 1 aromatic heterocycles. The second-order valence-corrected chi connectivity index (χ2v) is 6.63. The predicted octanol–water partition coefficient (Wildman–Crippen LogP) is 2.32. The lowest BCUT2D eigenvalue weighted by atomic mass is 9.82. The van der Waals surface area contributed by atoms with Crippen molar-refractivity contribution < 1.29 is 18.4 Å². The summed E-state index contributed by atoms with van der Waals surface area (Å²) in [5.41, 5.74) is 0.573. The zero-order valence-corrected chi connectivity index (χ0v) is 14.0. The maximum atomic E-state index is 13.8. The first-order valence-corrected chi connectivity index (χ1v) is 7.48. The number of hydrogen-bond acceptors (Lipinski definition) is 4. The number of rotatable bonds is 3. The molecule has 2 aromatic rings. The van der Waals surface area contributed by atoms with Crippen molar-refractivity contribution in [1.29, 1.82) is 0 Å². The van der Waals surface area contributed by atoms with Crippen molar-refractivity contribution in [3.8, 4) is 11.4 Å². The smallest absolute Gasteiger partial charge is 0.494 e. The summed E-state index contributed by atoms with van der Waals surface area (Å²) >= 11 is 0. The molecule has 1 aliphatic rings. The van der Waals surface area contributed by atoms with Crippen LogP contribution >= 0.6 is 0 Å². The molecule has 1 fully saturated rings. The van der Waals surface area contributed by atoms with Gasteiger partial charge in [0.05, 0.1) is 24.0 Å².